The van der Waals surface area contributed by atoms with Gasteiger partial charge in [-0.1, -0.05) is 20.8 Å². The zero-order valence-electron chi connectivity index (χ0n) is 13.1. The van der Waals surface area contributed by atoms with Gasteiger partial charge in [0.2, 0.25) is 5.82 Å². The fraction of sp³-hybridized carbons (Fsp3) is 0.800. The predicted octanol–water partition coefficient (Wildman–Crippen LogP) is 1.46. The van der Waals surface area contributed by atoms with Crippen LogP contribution in [0.15, 0.2) is 0 Å². The summed E-state index contributed by atoms with van der Waals surface area (Å²) in [6, 6.07) is 1.08. The number of carbonyl (C=O) groups is 1. The third-order valence-corrected chi connectivity index (χ3v) is 4.33. The lowest BCUT2D eigenvalue weighted by Crippen LogP contribution is -2.45. The van der Waals surface area contributed by atoms with Crippen molar-refractivity contribution in [2.24, 2.45) is 0 Å². The van der Waals surface area contributed by atoms with E-state index < -0.39 is 0 Å². The van der Waals surface area contributed by atoms with Crippen LogP contribution in [0.1, 0.15) is 62.9 Å². The van der Waals surface area contributed by atoms with Crippen LogP contribution in [0, 0.1) is 0 Å². The van der Waals surface area contributed by atoms with Crippen molar-refractivity contribution < 1.29 is 4.79 Å². The molecule has 2 heterocycles. The van der Waals surface area contributed by atoms with Crippen LogP contribution in [0.3, 0.4) is 0 Å². The molecule has 1 aromatic rings. The lowest BCUT2D eigenvalue weighted by Gasteiger charge is -2.32. The van der Waals surface area contributed by atoms with Gasteiger partial charge in [-0.2, -0.15) is 0 Å². The molecule has 0 unspecified atom stereocenters. The topological polar surface area (TPSA) is 73.9 Å². The van der Waals surface area contributed by atoms with Gasteiger partial charge in [0, 0.05) is 30.6 Å². The molecule has 3 rings (SSSR count). The minimum Gasteiger partial charge on any atom is -0.346 e. The van der Waals surface area contributed by atoms with E-state index in [0.29, 0.717) is 0 Å². The Morgan fingerprint density at radius 1 is 1.24 bits per heavy atom. The van der Waals surface area contributed by atoms with Crippen molar-refractivity contribution in [3.63, 3.8) is 0 Å². The van der Waals surface area contributed by atoms with Crippen molar-refractivity contribution in [1.82, 2.24) is 25.4 Å². The Balaban J connectivity index is 1.53. The van der Waals surface area contributed by atoms with Crippen molar-refractivity contribution in [2.75, 3.05) is 13.1 Å². The largest absolute Gasteiger partial charge is 0.346 e. The highest BCUT2D eigenvalue weighted by Gasteiger charge is 2.32. The molecule has 1 saturated heterocycles. The zero-order valence-corrected chi connectivity index (χ0v) is 13.1. The van der Waals surface area contributed by atoms with Gasteiger partial charge in [-0.3, -0.25) is 9.89 Å². The lowest BCUT2D eigenvalue weighted by molar-refractivity contribution is 0.0899. The molecule has 0 radical (unpaired) electrons. The molecule has 0 atom stereocenters. The van der Waals surface area contributed by atoms with Gasteiger partial charge < -0.3 is 10.2 Å². The minimum atomic E-state index is -0.161. The first-order valence-electron chi connectivity index (χ1n) is 7.91. The third kappa shape index (κ3) is 3.43. The fourth-order valence-corrected chi connectivity index (χ4v) is 2.80. The molecular weight excluding hydrogens is 266 g/mol. The van der Waals surface area contributed by atoms with Crippen molar-refractivity contribution in [2.45, 2.75) is 64.0 Å². The number of rotatable bonds is 3. The van der Waals surface area contributed by atoms with Crippen LogP contribution in [-0.4, -0.2) is 51.2 Å². The lowest BCUT2D eigenvalue weighted by atomic mass is 9.96. The molecule has 2 fully saturated rings. The summed E-state index contributed by atoms with van der Waals surface area (Å²) in [6.45, 7) is 8.32. The van der Waals surface area contributed by atoms with E-state index in [4.69, 9.17) is 0 Å². The summed E-state index contributed by atoms with van der Waals surface area (Å²) < 4.78 is 0. The Bertz CT molecular complexity index is 506. The predicted molar refractivity (Wildman–Crippen MR) is 80.2 cm³/mol. The molecule has 1 aromatic heterocycles. The quantitative estimate of drug-likeness (QED) is 0.884. The summed E-state index contributed by atoms with van der Waals surface area (Å²) in [4.78, 5) is 19.1. The van der Waals surface area contributed by atoms with Crippen LogP contribution >= 0.6 is 0 Å². The second-order valence-corrected chi connectivity index (χ2v) is 7.27. The molecular formula is C15H25N5O. The summed E-state index contributed by atoms with van der Waals surface area (Å²) in [5.41, 5.74) is -0.124. The van der Waals surface area contributed by atoms with Gasteiger partial charge in [0.25, 0.3) is 5.91 Å². The molecule has 0 bridgehead atoms. The molecule has 6 nitrogen and oxygen atoms in total. The highest BCUT2D eigenvalue weighted by molar-refractivity contribution is 5.90. The van der Waals surface area contributed by atoms with Gasteiger partial charge >= 0.3 is 0 Å². The van der Waals surface area contributed by atoms with Crippen LogP contribution in [-0.2, 0) is 5.41 Å². The monoisotopic (exact) mass is 291 g/mol. The molecule has 1 aliphatic carbocycles. The maximum atomic E-state index is 12.2. The zero-order chi connectivity index (χ0) is 15.0. The average Bonchev–Trinajstić information content (AvgIpc) is 3.14. The Hall–Kier alpha value is -1.43. The Morgan fingerprint density at radius 2 is 1.90 bits per heavy atom. The van der Waals surface area contributed by atoms with Crippen molar-refractivity contribution in [3.8, 4) is 0 Å². The van der Waals surface area contributed by atoms with E-state index in [1.165, 1.54) is 12.8 Å². The highest BCUT2D eigenvalue weighted by Crippen LogP contribution is 2.29. The molecule has 116 valence electrons. The summed E-state index contributed by atoms with van der Waals surface area (Å²) >= 11 is 0. The first-order chi connectivity index (χ1) is 9.93. The third-order valence-electron chi connectivity index (χ3n) is 4.33. The molecule has 1 amide bonds. The first-order valence-corrected chi connectivity index (χ1v) is 7.91. The van der Waals surface area contributed by atoms with Crippen LogP contribution in [0.4, 0.5) is 0 Å². The number of H-pyrrole nitrogens is 1. The first kappa shape index (κ1) is 14.5. The number of nitrogens with one attached hydrogen (secondary N) is 2. The maximum Gasteiger partial charge on any atom is 0.291 e. The van der Waals surface area contributed by atoms with Crippen LogP contribution in [0.25, 0.3) is 0 Å². The van der Waals surface area contributed by atoms with Gasteiger partial charge in [-0.15, -0.1) is 5.10 Å². The second kappa shape index (κ2) is 5.40. The number of likely N-dealkylation sites (tertiary alicyclic amines) is 1. The summed E-state index contributed by atoms with van der Waals surface area (Å²) in [6.07, 6.45) is 4.76. The van der Waals surface area contributed by atoms with E-state index in [0.717, 1.165) is 37.8 Å². The van der Waals surface area contributed by atoms with Crippen molar-refractivity contribution in [1.29, 1.82) is 0 Å². The highest BCUT2D eigenvalue weighted by atomic mass is 16.2. The van der Waals surface area contributed by atoms with E-state index >= 15 is 0 Å². The Morgan fingerprint density at radius 3 is 2.43 bits per heavy atom. The SMILES string of the molecule is CC(C)(C)c1nc(C(=O)NC2CCN(C3CC3)CC2)n[nH]1. The molecule has 21 heavy (non-hydrogen) atoms. The summed E-state index contributed by atoms with van der Waals surface area (Å²) in [5.74, 6) is 0.840. The number of hydrogen-bond acceptors (Lipinski definition) is 4. The summed E-state index contributed by atoms with van der Waals surface area (Å²) in [7, 11) is 0. The molecule has 2 N–H and O–H groups in total. The number of piperidine rings is 1. The normalized spacial score (nSPS) is 21.5. The van der Waals surface area contributed by atoms with E-state index in [9.17, 15) is 4.79 Å². The van der Waals surface area contributed by atoms with E-state index in [1.54, 1.807) is 0 Å². The van der Waals surface area contributed by atoms with Gasteiger partial charge in [0.05, 0.1) is 0 Å². The van der Waals surface area contributed by atoms with Gasteiger partial charge in [0.1, 0.15) is 5.82 Å². The Kier molecular flexibility index (Phi) is 3.73. The number of hydrogen-bond donors (Lipinski definition) is 2. The fourth-order valence-electron chi connectivity index (χ4n) is 2.80. The summed E-state index contributed by atoms with van der Waals surface area (Å²) in [5, 5.41) is 9.98. The van der Waals surface area contributed by atoms with Crippen molar-refractivity contribution >= 4 is 5.91 Å². The molecule has 2 aliphatic rings. The number of nitrogens with zero attached hydrogens (tertiary/aromatic N) is 3. The Labute approximate surface area is 125 Å². The number of carbonyl (C=O) groups excluding carboxylic acids is 1. The van der Waals surface area contributed by atoms with Crippen LogP contribution in [0.5, 0.6) is 0 Å². The van der Waals surface area contributed by atoms with E-state index in [1.807, 2.05) is 20.8 Å². The van der Waals surface area contributed by atoms with Gasteiger partial charge in [-0.05, 0) is 25.7 Å². The van der Waals surface area contributed by atoms with Crippen molar-refractivity contribution in [3.05, 3.63) is 11.6 Å². The van der Waals surface area contributed by atoms with E-state index in [2.05, 4.69) is 25.4 Å². The molecule has 1 aliphatic heterocycles. The molecule has 0 spiro atoms. The van der Waals surface area contributed by atoms with Gasteiger partial charge in [-0.25, -0.2) is 4.98 Å². The van der Waals surface area contributed by atoms with Gasteiger partial charge in [0.15, 0.2) is 0 Å². The number of aromatic amines is 1. The maximum absolute atomic E-state index is 12.2. The average molecular weight is 291 g/mol. The van der Waals surface area contributed by atoms with E-state index in [-0.39, 0.29) is 23.2 Å². The minimum absolute atomic E-state index is 0.124. The van der Waals surface area contributed by atoms with Crippen LogP contribution in [0.2, 0.25) is 0 Å². The second-order valence-electron chi connectivity index (χ2n) is 7.27. The molecule has 6 heteroatoms. The smallest absolute Gasteiger partial charge is 0.291 e. The molecule has 0 aromatic carbocycles. The number of aromatic nitrogens is 3. The standard InChI is InChI=1S/C15H25N5O/c1-15(2,3)14-17-12(18-19-14)13(21)16-10-6-8-20(9-7-10)11-4-5-11/h10-11H,4-9H2,1-3H3,(H,16,21)(H,17,18,19). The molecule has 1 saturated carbocycles. The number of amides is 1. The van der Waals surface area contributed by atoms with Crippen LogP contribution < -0.4 is 5.32 Å².